The summed E-state index contributed by atoms with van der Waals surface area (Å²) < 4.78 is 57.0. The van der Waals surface area contributed by atoms with E-state index in [4.69, 9.17) is 0 Å². The number of nitrogens with one attached hydrogen (secondary N) is 3. The van der Waals surface area contributed by atoms with E-state index in [0.29, 0.717) is 5.56 Å². The first-order valence-corrected chi connectivity index (χ1v) is 14.6. The molecule has 4 rings (SSSR count). The number of aliphatic hydroxyl groups is 1. The van der Waals surface area contributed by atoms with Gasteiger partial charge in [-0.2, -0.15) is 18.2 Å². The lowest BCUT2D eigenvalue weighted by molar-refractivity contribution is -0.146. The molecule has 2 aromatic carbocycles. The van der Waals surface area contributed by atoms with Gasteiger partial charge in [0.15, 0.2) is 5.82 Å². The second-order valence-corrected chi connectivity index (χ2v) is 11.3. The number of carbonyl (C=O) groups is 4. The highest BCUT2D eigenvalue weighted by Gasteiger charge is 2.41. The molecule has 0 radical (unpaired) electrons. The fourth-order valence-electron chi connectivity index (χ4n) is 5.36. The Morgan fingerprint density at radius 3 is 2.19 bits per heavy atom. The molecule has 47 heavy (non-hydrogen) atoms. The average Bonchev–Trinajstić information content (AvgIpc) is 3.05. The van der Waals surface area contributed by atoms with Crippen molar-refractivity contribution in [3.63, 3.8) is 0 Å². The molecule has 1 aromatic heterocycles. The number of hydrogen-bond donors (Lipinski definition) is 5. The van der Waals surface area contributed by atoms with Crippen LogP contribution < -0.4 is 16.0 Å². The van der Waals surface area contributed by atoms with Gasteiger partial charge >= 0.3 is 0 Å². The van der Waals surface area contributed by atoms with E-state index in [2.05, 4.69) is 20.9 Å². The van der Waals surface area contributed by atoms with Gasteiger partial charge in [-0.25, -0.2) is 4.39 Å². The zero-order valence-electron chi connectivity index (χ0n) is 25.5. The van der Waals surface area contributed by atoms with Gasteiger partial charge in [-0.05, 0) is 24.6 Å². The molecule has 5 N–H and O–H groups in total. The summed E-state index contributed by atoms with van der Waals surface area (Å²) in [7, 11) is 1.32. The van der Waals surface area contributed by atoms with Gasteiger partial charge < -0.3 is 31.1 Å². The van der Waals surface area contributed by atoms with Crippen molar-refractivity contribution in [1.82, 2.24) is 25.8 Å². The Morgan fingerprint density at radius 2 is 1.53 bits per heavy atom. The van der Waals surface area contributed by atoms with Gasteiger partial charge in [0.25, 0.3) is 11.9 Å². The highest BCUT2D eigenvalue weighted by molar-refractivity contribution is 6.00. The standard InChI is InChI=1S/C32H33F4N5O6/c1-15-26(43)20(14-19-23(33)24(34)28(36)40-27(19)35)38-31(46)25(39-29(44)18-11-7-8-12-22(18)42)16(2)37-30(45)21(41(3)32(15)47)13-17-9-5-4-6-10-17/h4-12,15-16,20-21,25-26,42-43H,13-14H2,1-3H3,(H,37,45)(H,38,46)(H,39,44)/t15-,16-,20+,21?,25+,26+/m1/s1. The van der Waals surface area contributed by atoms with Crippen LogP contribution in [0.25, 0.3) is 0 Å². The van der Waals surface area contributed by atoms with E-state index in [9.17, 15) is 47.0 Å². The monoisotopic (exact) mass is 659 g/mol. The van der Waals surface area contributed by atoms with Gasteiger partial charge in [-0.3, -0.25) is 19.2 Å². The van der Waals surface area contributed by atoms with Crippen LogP contribution in [0.4, 0.5) is 17.6 Å². The number of phenols is 1. The quantitative estimate of drug-likeness (QED) is 0.199. The van der Waals surface area contributed by atoms with Crippen molar-refractivity contribution in [3.05, 3.63) is 94.8 Å². The number of amides is 4. The van der Waals surface area contributed by atoms with Gasteiger partial charge in [0.2, 0.25) is 29.5 Å². The summed E-state index contributed by atoms with van der Waals surface area (Å²) in [5.41, 5.74) is -0.678. The summed E-state index contributed by atoms with van der Waals surface area (Å²) in [4.78, 5) is 58.1. The third-order valence-corrected chi connectivity index (χ3v) is 8.13. The minimum atomic E-state index is -2.09. The maximum Gasteiger partial charge on any atom is 0.255 e. The number of likely N-dealkylation sites (N-methyl/N-ethyl adjacent to an activating group) is 1. The average molecular weight is 660 g/mol. The zero-order valence-corrected chi connectivity index (χ0v) is 25.5. The Kier molecular flexibility index (Phi) is 10.8. The molecular weight excluding hydrogens is 626 g/mol. The van der Waals surface area contributed by atoms with Crippen LogP contribution in [0.1, 0.15) is 35.3 Å². The van der Waals surface area contributed by atoms with Crippen LogP contribution in [0.15, 0.2) is 54.6 Å². The molecule has 1 unspecified atom stereocenters. The number of aliphatic hydroxyl groups excluding tert-OH is 1. The molecule has 0 bridgehead atoms. The van der Waals surface area contributed by atoms with E-state index in [1.54, 1.807) is 30.3 Å². The molecule has 1 fully saturated rings. The predicted molar refractivity (Wildman–Crippen MR) is 159 cm³/mol. The first kappa shape index (κ1) is 34.8. The minimum absolute atomic E-state index is 0.00589. The summed E-state index contributed by atoms with van der Waals surface area (Å²) in [6.07, 6.45) is -2.90. The smallest absolute Gasteiger partial charge is 0.255 e. The normalized spacial score (nSPS) is 24.1. The number of pyridine rings is 1. The van der Waals surface area contributed by atoms with Gasteiger partial charge in [0, 0.05) is 25.5 Å². The van der Waals surface area contributed by atoms with E-state index >= 15 is 0 Å². The molecule has 11 nitrogen and oxygen atoms in total. The van der Waals surface area contributed by atoms with Crippen LogP contribution in [-0.2, 0) is 27.2 Å². The van der Waals surface area contributed by atoms with Crippen molar-refractivity contribution in [2.75, 3.05) is 7.05 Å². The summed E-state index contributed by atoms with van der Waals surface area (Å²) in [5.74, 6) is -13.2. The van der Waals surface area contributed by atoms with E-state index in [1.807, 2.05) is 0 Å². The highest BCUT2D eigenvalue weighted by Crippen LogP contribution is 2.23. The van der Waals surface area contributed by atoms with Gasteiger partial charge in [-0.15, -0.1) is 0 Å². The first-order chi connectivity index (χ1) is 22.2. The molecule has 250 valence electrons. The molecule has 0 spiro atoms. The van der Waals surface area contributed by atoms with Crippen LogP contribution in [-0.4, -0.2) is 81.0 Å². The number of aromatic nitrogens is 1. The number of rotatable bonds is 6. The number of nitrogens with zero attached hydrogens (tertiary/aromatic N) is 2. The second kappa shape index (κ2) is 14.6. The van der Waals surface area contributed by atoms with Crippen molar-refractivity contribution in [2.45, 2.75) is 57.0 Å². The fraction of sp³-hybridized carbons (Fsp3) is 0.344. The highest BCUT2D eigenvalue weighted by atomic mass is 19.2. The van der Waals surface area contributed by atoms with E-state index in [-0.39, 0.29) is 12.0 Å². The van der Waals surface area contributed by atoms with Crippen molar-refractivity contribution < 1.29 is 47.0 Å². The number of halogens is 4. The minimum Gasteiger partial charge on any atom is -0.507 e. The SMILES string of the molecule is C[C@H]1NC(=O)C(Cc2ccccc2)N(C)C(=O)[C@H](C)[C@H](O)[C@H](Cc2c(F)nc(F)c(F)c2F)NC(=O)[C@H]1NC(=O)c1ccccc1O. The largest absolute Gasteiger partial charge is 0.507 e. The van der Waals surface area contributed by atoms with Gasteiger partial charge in [-0.1, -0.05) is 49.4 Å². The van der Waals surface area contributed by atoms with Gasteiger partial charge in [0.05, 0.1) is 29.7 Å². The fourth-order valence-corrected chi connectivity index (χ4v) is 5.36. The molecule has 1 aliphatic rings. The van der Waals surface area contributed by atoms with Crippen LogP contribution >= 0.6 is 0 Å². The predicted octanol–water partition coefficient (Wildman–Crippen LogP) is 1.75. The Bertz CT molecular complexity index is 1660. The lowest BCUT2D eigenvalue weighted by Crippen LogP contribution is -2.64. The Morgan fingerprint density at radius 1 is 0.894 bits per heavy atom. The molecule has 2 heterocycles. The number of benzene rings is 2. The lowest BCUT2D eigenvalue weighted by Gasteiger charge is -2.37. The Balaban J connectivity index is 1.78. The molecule has 4 amide bonds. The summed E-state index contributed by atoms with van der Waals surface area (Å²) >= 11 is 0. The Labute approximate surface area is 267 Å². The van der Waals surface area contributed by atoms with Gasteiger partial charge in [0.1, 0.15) is 17.8 Å². The van der Waals surface area contributed by atoms with Crippen LogP contribution in [0.2, 0.25) is 0 Å². The molecule has 1 aliphatic heterocycles. The van der Waals surface area contributed by atoms with Crippen LogP contribution in [0.3, 0.4) is 0 Å². The second-order valence-electron chi connectivity index (χ2n) is 11.3. The topological polar surface area (TPSA) is 161 Å². The first-order valence-electron chi connectivity index (χ1n) is 14.6. The number of hydrogen-bond acceptors (Lipinski definition) is 7. The van der Waals surface area contributed by atoms with E-state index in [0.717, 1.165) is 4.90 Å². The number of aromatic hydroxyl groups is 1. The van der Waals surface area contributed by atoms with E-state index in [1.165, 1.54) is 45.2 Å². The third kappa shape index (κ3) is 7.68. The summed E-state index contributed by atoms with van der Waals surface area (Å²) in [6, 6.07) is 8.30. The molecule has 3 aromatic rings. The van der Waals surface area contributed by atoms with Crippen LogP contribution in [0.5, 0.6) is 5.75 Å². The lowest BCUT2D eigenvalue weighted by atomic mass is 9.90. The van der Waals surface area contributed by atoms with Crippen LogP contribution in [0, 0.1) is 29.4 Å². The molecular formula is C32H33F4N5O6. The molecule has 0 saturated carbocycles. The van der Waals surface area contributed by atoms with Crippen molar-refractivity contribution in [3.8, 4) is 5.75 Å². The number of para-hydroxylation sites is 1. The summed E-state index contributed by atoms with van der Waals surface area (Å²) in [5, 5.41) is 29.0. The number of carbonyl (C=O) groups excluding carboxylic acids is 4. The maximum atomic E-state index is 14.7. The molecule has 0 aliphatic carbocycles. The van der Waals surface area contributed by atoms with Crippen molar-refractivity contribution in [2.24, 2.45) is 5.92 Å². The summed E-state index contributed by atoms with van der Waals surface area (Å²) in [6.45, 7) is 2.62. The third-order valence-electron chi connectivity index (χ3n) is 8.13. The van der Waals surface area contributed by atoms with Crippen molar-refractivity contribution in [1.29, 1.82) is 0 Å². The maximum absolute atomic E-state index is 14.7. The number of phenolic OH excluding ortho intramolecular Hbond substituents is 1. The zero-order chi connectivity index (χ0) is 34.6. The molecule has 15 heteroatoms. The van der Waals surface area contributed by atoms with Crippen molar-refractivity contribution >= 4 is 23.6 Å². The molecule has 1 saturated heterocycles. The Hall–Kier alpha value is -5.05. The van der Waals surface area contributed by atoms with E-state index < -0.39 is 101 Å². The molecule has 6 atom stereocenters.